The van der Waals surface area contributed by atoms with E-state index in [9.17, 15) is 18.7 Å². The second-order valence-corrected chi connectivity index (χ2v) is 5.45. The highest BCUT2D eigenvalue weighted by Gasteiger charge is 2.13. The molecule has 0 heterocycles. The van der Waals surface area contributed by atoms with Crippen LogP contribution in [0.2, 0.25) is 0 Å². The van der Waals surface area contributed by atoms with E-state index in [-0.39, 0.29) is 18.1 Å². The molecule has 2 rings (SSSR count). The summed E-state index contributed by atoms with van der Waals surface area (Å²) in [6.07, 6.45) is -0.599. The summed E-state index contributed by atoms with van der Waals surface area (Å²) in [6.45, 7) is 2.20. The van der Waals surface area contributed by atoms with Crippen LogP contribution in [-0.4, -0.2) is 17.6 Å². The molecule has 1 amide bonds. The number of hydrogen-bond donors (Lipinski definition) is 2. The molecule has 0 saturated heterocycles. The Balaban J connectivity index is 1.81. The van der Waals surface area contributed by atoms with Gasteiger partial charge < -0.3 is 10.4 Å². The minimum atomic E-state index is -1.04. The molecule has 2 aromatic rings. The number of hydrogen-bond acceptors (Lipinski definition) is 2. The van der Waals surface area contributed by atoms with Crippen molar-refractivity contribution in [2.45, 2.75) is 25.9 Å². The molecule has 2 aromatic carbocycles. The van der Waals surface area contributed by atoms with Gasteiger partial charge in [0.25, 0.3) is 0 Å². The Kier molecular flexibility index (Phi) is 5.82. The fourth-order valence-corrected chi connectivity index (χ4v) is 2.36. The summed E-state index contributed by atoms with van der Waals surface area (Å²) in [5.74, 6) is -1.05. The van der Waals surface area contributed by atoms with E-state index in [1.165, 1.54) is 30.3 Å². The molecule has 0 bridgehead atoms. The zero-order chi connectivity index (χ0) is 16.8. The number of nitrogens with one attached hydrogen (secondary N) is 1. The highest BCUT2D eigenvalue weighted by atomic mass is 19.1. The molecule has 1 atom stereocenters. The van der Waals surface area contributed by atoms with E-state index in [1.54, 1.807) is 12.1 Å². The molecule has 0 aliphatic rings. The summed E-state index contributed by atoms with van der Waals surface area (Å²) in [5.41, 5.74) is 2.16. The van der Waals surface area contributed by atoms with Crippen molar-refractivity contribution in [1.82, 2.24) is 5.32 Å². The Hall–Kier alpha value is -2.27. The Morgan fingerprint density at radius 1 is 1.17 bits per heavy atom. The van der Waals surface area contributed by atoms with Gasteiger partial charge in [-0.15, -0.1) is 0 Å². The van der Waals surface area contributed by atoms with Gasteiger partial charge >= 0.3 is 0 Å². The third-order valence-corrected chi connectivity index (χ3v) is 3.63. The van der Waals surface area contributed by atoms with Crippen LogP contribution >= 0.6 is 0 Å². The molecule has 2 N–H and O–H groups in total. The van der Waals surface area contributed by atoms with Crippen LogP contribution in [-0.2, 0) is 11.2 Å². The smallest absolute Gasteiger partial charge is 0.222 e. The number of aryl methyl sites for hydroxylation is 1. The summed E-state index contributed by atoms with van der Waals surface area (Å²) < 4.78 is 26.1. The van der Waals surface area contributed by atoms with Crippen molar-refractivity contribution < 1.29 is 18.7 Å². The lowest BCUT2D eigenvalue weighted by atomic mass is 10.0. The quantitative estimate of drug-likeness (QED) is 0.860. The van der Waals surface area contributed by atoms with Crippen LogP contribution in [0.15, 0.2) is 42.5 Å². The van der Waals surface area contributed by atoms with Crippen LogP contribution in [0.25, 0.3) is 0 Å². The number of amides is 1. The maximum absolute atomic E-state index is 13.1. The van der Waals surface area contributed by atoms with Crippen LogP contribution in [0.5, 0.6) is 0 Å². The number of carbonyl (C=O) groups is 1. The summed E-state index contributed by atoms with van der Waals surface area (Å²) in [5, 5.41) is 12.6. The summed E-state index contributed by atoms with van der Waals surface area (Å²) in [7, 11) is 0. The lowest BCUT2D eigenvalue weighted by Gasteiger charge is -2.12. The maximum atomic E-state index is 13.1. The SMILES string of the molecule is Cc1cc(F)ccc1CCNC(=O)CC(O)c1cccc(F)c1. The third kappa shape index (κ3) is 5.14. The number of halogens is 2. The summed E-state index contributed by atoms with van der Waals surface area (Å²) in [6, 6.07) is 10.1. The number of aliphatic hydroxyl groups is 1. The van der Waals surface area contributed by atoms with Crippen molar-refractivity contribution in [3.8, 4) is 0 Å². The lowest BCUT2D eigenvalue weighted by Crippen LogP contribution is -2.27. The van der Waals surface area contributed by atoms with Crippen LogP contribution in [0, 0.1) is 18.6 Å². The zero-order valence-electron chi connectivity index (χ0n) is 12.9. The molecule has 0 aliphatic heterocycles. The van der Waals surface area contributed by atoms with Gasteiger partial charge in [0.1, 0.15) is 11.6 Å². The Labute approximate surface area is 134 Å². The number of aliphatic hydroxyl groups excluding tert-OH is 1. The van der Waals surface area contributed by atoms with E-state index in [0.717, 1.165) is 11.1 Å². The average molecular weight is 319 g/mol. The first kappa shape index (κ1) is 17.1. The molecule has 1 unspecified atom stereocenters. The fourth-order valence-electron chi connectivity index (χ4n) is 2.36. The molecule has 0 saturated carbocycles. The topological polar surface area (TPSA) is 49.3 Å². The molecule has 0 fully saturated rings. The van der Waals surface area contributed by atoms with Gasteiger partial charge in [-0.25, -0.2) is 8.78 Å². The molecule has 23 heavy (non-hydrogen) atoms. The van der Waals surface area contributed by atoms with Gasteiger partial charge in [0.15, 0.2) is 0 Å². The van der Waals surface area contributed by atoms with Gasteiger partial charge in [-0.05, 0) is 54.3 Å². The second kappa shape index (κ2) is 7.83. The van der Waals surface area contributed by atoms with Gasteiger partial charge in [0, 0.05) is 6.54 Å². The summed E-state index contributed by atoms with van der Waals surface area (Å²) in [4.78, 5) is 11.8. The lowest BCUT2D eigenvalue weighted by molar-refractivity contribution is -0.123. The van der Waals surface area contributed by atoms with Gasteiger partial charge in [0.2, 0.25) is 5.91 Å². The largest absolute Gasteiger partial charge is 0.388 e. The summed E-state index contributed by atoms with van der Waals surface area (Å²) >= 11 is 0. The van der Waals surface area contributed by atoms with Crippen LogP contribution in [0.4, 0.5) is 8.78 Å². The van der Waals surface area contributed by atoms with Crippen molar-refractivity contribution in [3.05, 3.63) is 70.8 Å². The van der Waals surface area contributed by atoms with E-state index in [4.69, 9.17) is 0 Å². The molecule has 0 radical (unpaired) electrons. The highest BCUT2D eigenvalue weighted by molar-refractivity contribution is 5.76. The van der Waals surface area contributed by atoms with Crippen molar-refractivity contribution in [2.24, 2.45) is 0 Å². The first-order valence-electron chi connectivity index (χ1n) is 7.41. The number of rotatable bonds is 6. The molecule has 0 aliphatic carbocycles. The normalized spacial score (nSPS) is 12.0. The van der Waals surface area contributed by atoms with E-state index in [2.05, 4.69) is 5.32 Å². The number of benzene rings is 2. The van der Waals surface area contributed by atoms with E-state index in [1.807, 2.05) is 6.92 Å². The monoisotopic (exact) mass is 319 g/mol. The minimum absolute atomic E-state index is 0.133. The van der Waals surface area contributed by atoms with E-state index < -0.39 is 11.9 Å². The van der Waals surface area contributed by atoms with Crippen molar-refractivity contribution in [3.63, 3.8) is 0 Å². The first-order chi connectivity index (χ1) is 11.0. The molecule has 0 spiro atoms. The van der Waals surface area contributed by atoms with Crippen LogP contribution in [0.3, 0.4) is 0 Å². The molecule has 0 aromatic heterocycles. The number of carbonyl (C=O) groups excluding carboxylic acids is 1. The van der Waals surface area contributed by atoms with E-state index in [0.29, 0.717) is 18.5 Å². The fraction of sp³-hybridized carbons (Fsp3) is 0.278. The Morgan fingerprint density at radius 3 is 2.61 bits per heavy atom. The molecule has 3 nitrogen and oxygen atoms in total. The third-order valence-electron chi connectivity index (χ3n) is 3.63. The van der Waals surface area contributed by atoms with Crippen molar-refractivity contribution in [2.75, 3.05) is 6.54 Å². The first-order valence-corrected chi connectivity index (χ1v) is 7.41. The molecule has 122 valence electrons. The van der Waals surface area contributed by atoms with Gasteiger partial charge in [-0.3, -0.25) is 4.79 Å². The Morgan fingerprint density at radius 2 is 1.91 bits per heavy atom. The average Bonchev–Trinajstić information content (AvgIpc) is 2.49. The molecular weight excluding hydrogens is 300 g/mol. The minimum Gasteiger partial charge on any atom is -0.388 e. The standard InChI is InChI=1S/C18H19F2NO2/c1-12-9-16(20)6-5-13(12)7-8-21-18(23)11-17(22)14-3-2-4-15(19)10-14/h2-6,9-10,17,22H,7-8,11H2,1H3,(H,21,23). The second-order valence-electron chi connectivity index (χ2n) is 5.45. The predicted octanol–water partition coefficient (Wildman–Crippen LogP) is 3.06. The highest BCUT2D eigenvalue weighted by Crippen LogP contribution is 2.17. The molecule has 5 heteroatoms. The van der Waals surface area contributed by atoms with E-state index >= 15 is 0 Å². The Bertz CT molecular complexity index is 688. The van der Waals surface area contributed by atoms with Gasteiger partial charge in [-0.2, -0.15) is 0 Å². The van der Waals surface area contributed by atoms with Crippen LogP contribution < -0.4 is 5.32 Å². The van der Waals surface area contributed by atoms with Crippen molar-refractivity contribution in [1.29, 1.82) is 0 Å². The van der Waals surface area contributed by atoms with Gasteiger partial charge in [0.05, 0.1) is 12.5 Å². The zero-order valence-corrected chi connectivity index (χ0v) is 12.9. The molecular formula is C18H19F2NO2. The van der Waals surface area contributed by atoms with Crippen molar-refractivity contribution >= 4 is 5.91 Å². The van der Waals surface area contributed by atoms with Crippen LogP contribution in [0.1, 0.15) is 29.2 Å². The van der Waals surface area contributed by atoms with Gasteiger partial charge in [-0.1, -0.05) is 18.2 Å². The maximum Gasteiger partial charge on any atom is 0.222 e. The predicted molar refractivity (Wildman–Crippen MR) is 83.8 cm³/mol.